The van der Waals surface area contributed by atoms with Crippen LogP contribution in [0.3, 0.4) is 0 Å². The normalized spacial score (nSPS) is 16.4. The number of phenols is 1. The van der Waals surface area contributed by atoms with Gasteiger partial charge in [0.2, 0.25) is 0 Å². The second-order valence-electron chi connectivity index (χ2n) is 7.01. The first kappa shape index (κ1) is 26.2. The Labute approximate surface area is 203 Å². The van der Waals surface area contributed by atoms with E-state index in [1.54, 1.807) is 24.3 Å². The molecule has 32 heavy (non-hydrogen) atoms. The number of benzene rings is 2. The van der Waals surface area contributed by atoms with Gasteiger partial charge >= 0.3 is 23.0 Å². The van der Waals surface area contributed by atoms with E-state index in [1.807, 2.05) is 69.2 Å². The quantitative estimate of drug-likeness (QED) is 0.336. The van der Waals surface area contributed by atoms with Crippen molar-refractivity contribution in [2.75, 3.05) is 0 Å². The number of rotatable bonds is 5. The van der Waals surface area contributed by atoms with Gasteiger partial charge in [-0.15, -0.1) is 0 Å². The Bertz CT molecular complexity index is 851. The zero-order chi connectivity index (χ0) is 22.1. The molecule has 2 aromatic carbocycles. The van der Waals surface area contributed by atoms with Crippen LogP contribution in [-0.2, 0) is 21.9 Å². The molecule has 162 valence electrons. The van der Waals surface area contributed by atoms with Gasteiger partial charge in [0.05, 0.1) is 0 Å². The zero-order valence-electron chi connectivity index (χ0n) is 18.1. The molecule has 0 bridgehead atoms. The van der Waals surface area contributed by atoms with Crippen molar-refractivity contribution < 1.29 is 31.7 Å². The van der Waals surface area contributed by atoms with E-state index in [9.17, 15) is 9.90 Å². The Hall–Kier alpha value is -2.03. The van der Waals surface area contributed by atoms with Crippen LogP contribution >= 0.6 is 0 Å². The maximum atomic E-state index is 11.1. The molecule has 2 aromatic rings. The van der Waals surface area contributed by atoms with Gasteiger partial charge in [0.25, 0.3) is 0 Å². The topological polar surface area (TPSA) is 46.5 Å². The smallest absolute Gasteiger partial charge is 0.508 e. The third-order valence-corrected chi connectivity index (χ3v) is 4.78. The minimum Gasteiger partial charge on any atom is -0.508 e. The Morgan fingerprint density at radius 3 is 1.69 bits per heavy atom. The molecule has 2 saturated carbocycles. The van der Waals surface area contributed by atoms with Gasteiger partial charge in [-0.25, -0.2) is 0 Å². The van der Waals surface area contributed by atoms with Crippen LogP contribution in [0.5, 0.6) is 11.5 Å². The maximum absolute atomic E-state index is 11.1. The predicted molar refractivity (Wildman–Crippen MR) is 124 cm³/mol. The number of phenolic OH excluding ortho intramolecular Hbond substituents is 1. The molecule has 2 fully saturated rings. The molecule has 0 spiro atoms. The minimum atomic E-state index is -0.335. The second-order valence-corrected chi connectivity index (χ2v) is 7.01. The van der Waals surface area contributed by atoms with Gasteiger partial charge in [0, 0.05) is 12.8 Å². The van der Waals surface area contributed by atoms with Gasteiger partial charge < -0.3 is 9.84 Å². The zero-order valence-corrected chi connectivity index (χ0v) is 19.2. The Morgan fingerprint density at radius 2 is 1.25 bits per heavy atom. The number of esters is 1. The molecule has 0 aliphatic heterocycles. The molecular formula is C28H26FeO3+2. The molecule has 10 radical (unpaired) electrons. The fourth-order valence-corrected chi connectivity index (χ4v) is 3.42. The number of aromatic hydroxyl groups is 1. The predicted octanol–water partition coefficient (Wildman–Crippen LogP) is 5.95. The molecular weight excluding hydrogens is 440 g/mol. The summed E-state index contributed by atoms with van der Waals surface area (Å²) in [7, 11) is 0. The summed E-state index contributed by atoms with van der Waals surface area (Å²) in [5, 5.41) is 9.64. The van der Waals surface area contributed by atoms with E-state index in [0.717, 1.165) is 23.1 Å². The van der Waals surface area contributed by atoms with Gasteiger partial charge in [-0.2, -0.15) is 0 Å². The standard InChI is InChI=1S/C23H21O3.C5H5.Fe/c1-3-22(17-6-4-5-7-17)23(18-8-12-20(25)13-9-18)19-10-14-21(15-11-19)26-16(2)24;1-2-4-5-3-1;/h4-15,25H,3H2,1-2H3;1-5H;/q;;+2/b23-22+;;. The van der Waals surface area contributed by atoms with Crippen molar-refractivity contribution in [3.05, 3.63) is 129 Å². The summed E-state index contributed by atoms with van der Waals surface area (Å²) < 4.78 is 5.14. The summed E-state index contributed by atoms with van der Waals surface area (Å²) in [6.07, 6.45) is 19.1. The molecule has 0 heterocycles. The van der Waals surface area contributed by atoms with E-state index in [2.05, 4.69) is 19.8 Å². The van der Waals surface area contributed by atoms with Crippen LogP contribution in [0.2, 0.25) is 0 Å². The van der Waals surface area contributed by atoms with Crippen molar-refractivity contribution in [3.8, 4) is 11.5 Å². The van der Waals surface area contributed by atoms with Crippen LogP contribution in [0.1, 0.15) is 31.4 Å². The van der Waals surface area contributed by atoms with Crippen molar-refractivity contribution >= 4 is 11.5 Å². The minimum absolute atomic E-state index is 0. The van der Waals surface area contributed by atoms with Crippen molar-refractivity contribution in [2.45, 2.75) is 20.3 Å². The van der Waals surface area contributed by atoms with E-state index in [0.29, 0.717) is 5.75 Å². The van der Waals surface area contributed by atoms with Crippen LogP contribution in [0.4, 0.5) is 0 Å². The summed E-state index contributed by atoms with van der Waals surface area (Å²) in [6, 6.07) is 14.7. The van der Waals surface area contributed by atoms with Crippen molar-refractivity contribution in [2.24, 2.45) is 0 Å². The summed E-state index contributed by atoms with van der Waals surface area (Å²) in [6.45, 7) is 3.52. The van der Waals surface area contributed by atoms with Crippen LogP contribution in [0.15, 0.2) is 54.1 Å². The first-order chi connectivity index (χ1) is 15.1. The Balaban J connectivity index is 0.000000534. The van der Waals surface area contributed by atoms with Crippen molar-refractivity contribution in [3.63, 3.8) is 0 Å². The fraction of sp³-hybridized carbons (Fsp3) is 0.107. The van der Waals surface area contributed by atoms with Crippen molar-refractivity contribution in [1.29, 1.82) is 0 Å². The number of ether oxygens (including phenoxy) is 1. The SMILES string of the molecule is CC/C([C]1[CH][CH][CH][CH]1)=C(/c1ccc(O)cc1)c1ccc(OC(C)=O)cc1.[CH]1[CH][CH][CH][CH]1.[Fe+2]. The van der Waals surface area contributed by atoms with Gasteiger partial charge in [-0.1, -0.05) is 36.8 Å². The third kappa shape index (κ3) is 7.53. The maximum Gasteiger partial charge on any atom is 2.00 e. The average molecular weight is 466 g/mol. The Kier molecular flexibility index (Phi) is 11.1. The molecule has 3 nitrogen and oxygen atoms in total. The van der Waals surface area contributed by atoms with Gasteiger partial charge in [0.15, 0.2) is 0 Å². The summed E-state index contributed by atoms with van der Waals surface area (Å²) in [5.41, 5.74) is 4.39. The number of carbonyl (C=O) groups excluding carboxylic acids is 1. The molecule has 2 aliphatic rings. The molecule has 0 saturated heterocycles. The summed E-state index contributed by atoms with van der Waals surface area (Å²) in [4.78, 5) is 11.1. The number of allylic oxidation sites excluding steroid dienone is 1. The largest absolute Gasteiger partial charge is 2.00 e. The van der Waals surface area contributed by atoms with Gasteiger partial charge in [-0.3, -0.25) is 4.79 Å². The van der Waals surface area contributed by atoms with Crippen LogP contribution in [0, 0.1) is 63.7 Å². The molecule has 2 aliphatic carbocycles. The second kappa shape index (κ2) is 13.5. The number of carbonyl (C=O) groups is 1. The van der Waals surface area contributed by atoms with Crippen LogP contribution in [0.25, 0.3) is 5.57 Å². The monoisotopic (exact) mass is 466 g/mol. The van der Waals surface area contributed by atoms with E-state index in [4.69, 9.17) is 4.74 Å². The summed E-state index contributed by atoms with van der Waals surface area (Å²) >= 11 is 0. The van der Waals surface area contributed by atoms with Crippen LogP contribution in [-0.4, -0.2) is 11.1 Å². The van der Waals surface area contributed by atoms with Gasteiger partial charge in [0.1, 0.15) is 11.5 Å². The number of hydrogen-bond donors (Lipinski definition) is 1. The molecule has 4 rings (SSSR count). The van der Waals surface area contributed by atoms with E-state index < -0.39 is 0 Å². The van der Waals surface area contributed by atoms with Crippen molar-refractivity contribution in [1.82, 2.24) is 0 Å². The van der Waals surface area contributed by atoms with E-state index >= 15 is 0 Å². The molecule has 0 aromatic heterocycles. The van der Waals surface area contributed by atoms with Crippen LogP contribution < -0.4 is 4.74 Å². The number of hydrogen-bond acceptors (Lipinski definition) is 3. The fourth-order valence-electron chi connectivity index (χ4n) is 3.42. The van der Waals surface area contributed by atoms with E-state index in [-0.39, 0.29) is 28.8 Å². The molecule has 4 heteroatoms. The van der Waals surface area contributed by atoms with E-state index in [1.165, 1.54) is 18.4 Å². The summed E-state index contributed by atoms with van der Waals surface area (Å²) in [5.74, 6) is 1.61. The Morgan fingerprint density at radius 1 is 0.781 bits per heavy atom. The van der Waals surface area contributed by atoms with Gasteiger partial charge in [-0.05, 0) is 105 Å². The average Bonchev–Trinajstić information content (AvgIpc) is 3.50. The molecule has 0 unspecified atom stereocenters. The third-order valence-electron chi connectivity index (χ3n) is 4.78. The molecule has 0 atom stereocenters. The molecule has 1 N–H and O–H groups in total. The molecule has 0 amide bonds. The first-order valence-electron chi connectivity index (χ1n) is 10.3. The first-order valence-corrected chi connectivity index (χ1v) is 10.3.